The lowest BCUT2D eigenvalue weighted by Crippen LogP contribution is -2.49. The van der Waals surface area contributed by atoms with E-state index in [1.165, 1.54) is 24.5 Å². The van der Waals surface area contributed by atoms with E-state index in [-0.39, 0.29) is 30.8 Å². The number of nitrogens with one attached hydrogen (secondary N) is 2. The number of amides is 3. The molecule has 9 nitrogen and oxygen atoms in total. The van der Waals surface area contributed by atoms with Crippen molar-refractivity contribution < 1.29 is 29.0 Å². The first kappa shape index (κ1) is 31.3. The summed E-state index contributed by atoms with van der Waals surface area (Å²) in [6.07, 6.45) is 3.80. The lowest BCUT2D eigenvalue weighted by molar-refractivity contribution is -0.141. The number of halogens is 2. The molecule has 1 aliphatic heterocycles. The summed E-state index contributed by atoms with van der Waals surface area (Å²) in [6.45, 7) is 0.743. The van der Waals surface area contributed by atoms with E-state index in [9.17, 15) is 24.3 Å². The van der Waals surface area contributed by atoms with E-state index in [0.717, 1.165) is 15.6 Å². The number of rotatable bonds is 11. The number of likely N-dealkylation sites (tertiary alicyclic amines) is 1. The van der Waals surface area contributed by atoms with Crippen LogP contribution in [0.25, 0.3) is 16.2 Å². The van der Waals surface area contributed by atoms with E-state index in [1.807, 2.05) is 17.5 Å². The third-order valence-corrected chi connectivity index (χ3v) is 8.99. The molecule has 0 saturated carbocycles. The SMILES string of the molecule is COc1cccc(CC(=O)NCC(CC(=O)O)C(=O)NC2CCN(C(=O)C=Cc3cc4ccsc4c(Cl)c3Cl)CC2)c1. The Kier molecular flexibility index (Phi) is 10.8. The Hall–Kier alpha value is -3.60. The van der Waals surface area contributed by atoms with Crippen LogP contribution < -0.4 is 15.4 Å². The van der Waals surface area contributed by atoms with Gasteiger partial charge in [-0.1, -0.05) is 35.3 Å². The van der Waals surface area contributed by atoms with Crippen LogP contribution in [0.3, 0.4) is 0 Å². The van der Waals surface area contributed by atoms with Gasteiger partial charge in [-0.2, -0.15) is 0 Å². The Morgan fingerprint density at radius 1 is 1.14 bits per heavy atom. The lowest BCUT2D eigenvalue weighted by Gasteiger charge is -2.32. The summed E-state index contributed by atoms with van der Waals surface area (Å²) in [5.41, 5.74) is 1.39. The molecular weight excluding hydrogens is 601 g/mol. The van der Waals surface area contributed by atoms with Gasteiger partial charge in [0.2, 0.25) is 17.7 Å². The zero-order chi connectivity index (χ0) is 30.2. The summed E-state index contributed by atoms with van der Waals surface area (Å²) in [7, 11) is 1.54. The minimum atomic E-state index is -1.14. The van der Waals surface area contributed by atoms with Crippen LogP contribution in [0.4, 0.5) is 0 Å². The van der Waals surface area contributed by atoms with Crippen LogP contribution in [0.5, 0.6) is 5.75 Å². The highest BCUT2D eigenvalue weighted by Crippen LogP contribution is 2.37. The van der Waals surface area contributed by atoms with Crippen LogP contribution in [-0.2, 0) is 25.6 Å². The van der Waals surface area contributed by atoms with Crippen LogP contribution in [0.2, 0.25) is 10.0 Å². The molecule has 4 rings (SSSR count). The summed E-state index contributed by atoms with van der Waals surface area (Å²) in [5.74, 6) is -2.40. The zero-order valence-corrected chi connectivity index (χ0v) is 25.2. The number of methoxy groups -OCH3 is 1. The van der Waals surface area contributed by atoms with E-state index in [1.54, 1.807) is 35.2 Å². The van der Waals surface area contributed by atoms with Gasteiger partial charge in [0.05, 0.1) is 40.6 Å². The Bertz CT molecular complexity index is 1500. The number of thiophene rings is 1. The van der Waals surface area contributed by atoms with Crippen molar-refractivity contribution in [2.75, 3.05) is 26.7 Å². The van der Waals surface area contributed by atoms with Gasteiger partial charge in [-0.05, 0) is 65.1 Å². The van der Waals surface area contributed by atoms with Crippen molar-refractivity contribution >= 4 is 74.4 Å². The van der Waals surface area contributed by atoms with Crippen LogP contribution in [0, 0.1) is 5.92 Å². The molecule has 12 heteroatoms. The van der Waals surface area contributed by atoms with Gasteiger partial charge >= 0.3 is 5.97 Å². The second-order valence-corrected chi connectivity index (χ2v) is 11.7. The molecule has 2 heterocycles. The standard InChI is InChI=1S/C30H31Cl2N3O6S/c1-41-23-4-2-3-18(13-23)14-24(36)33-17-21(16-26(38)39)30(40)34-22-7-10-35(11-8-22)25(37)6-5-19-15-20-9-12-42-29(20)28(32)27(19)31/h2-6,9,12-13,15,21-22H,7-8,10-11,14,16-17H2,1H3,(H,33,36)(H,34,40)(H,38,39). The molecule has 2 aromatic carbocycles. The molecule has 1 fully saturated rings. The van der Waals surface area contributed by atoms with Gasteiger partial charge in [-0.3, -0.25) is 19.2 Å². The number of carbonyl (C=O) groups excluding carboxylic acids is 3. The van der Waals surface area contributed by atoms with Gasteiger partial charge in [-0.15, -0.1) is 11.3 Å². The molecule has 0 spiro atoms. The van der Waals surface area contributed by atoms with Gasteiger partial charge in [-0.25, -0.2) is 0 Å². The molecular formula is C30H31Cl2N3O6S. The second-order valence-electron chi connectivity index (χ2n) is 10.0. The van der Waals surface area contributed by atoms with Gasteiger partial charge < -0.3 is 25.4 Å². The highest BCUT2D eigenvalue weighted by Gasteiger charge is 2.28. The molecule has 3 aromatic rings. The number of carboxylic acid groups (broad SMARTS) is 1. The molecule has 1 saturated heterocycles. The number of benzene rings is 2. The number of ether oxygens (including phenoxy) is 1. The summed E-state index contributed by atoms with van der Waals surface area (Å²) >= 11 is 14.3. The predicted molar refractivity (Wildman–Crippen MR) is 164 cm³/mol. The Morgan fingerprint density at radius 3 is 2.62 bits per heavy atom. The van der Waals surface area contributed by atoms with Crippen molar-refractivity contribution in [3.05, 3.63) is 69.0 Å². The number of carbonyl (C=O) groups is 4. The average molecular weight is 633 g/mol. The third kappa shape index (κ3) is 8.24. The largest absolute Gasteiger partial charge is 0.497 e. The van der Waals surface area contributed by atoms with Crippen molar-refractivity contribution in [1.29, 1.82) is 0 Å². The fourth-order valence-electron chi connectivity index (χ4n) is 4.76. The maximum atomic E-state index is 13.0. The normalized spacial score (nSPS) is 14.6. The number of hydrogen-bond acceptors (Lipinski definition) is 6. The molecule has 1 aliphatic rings. The predicted octanol–water partition coefficient (Wildman–Crippen LogP) is 4.79. The number of fused-ring (bicyclic) bond motifs is 1. The lowest BCUT2D eigenvalue weighted by atomic mass is 10.0. The topological polar surface area (TPSA) is 125 Å². The van der Waals surface area contributed by atoms with E-state index in [0.29, 0.717) is 47.3 Å². The van der Waals surface area contributed by atoms with Gasteiger partial charge in [0.1, 0.15) is 5.75 Å². The maximum Gasteiger partial charge on any atom is 0.304 e. The van der Waals surface area contributed by atoms with Crippen LogP contribution >= 0.6 is 34.5 Å². The summed E-state index contributed by atoms with van der Waals surface area (Å²) in [4.78, 5) is 51.3. The number of hydrogen-bond donors (Lipinski definition) is 3. The summed E-state index contributed by atoms with van der Waals surface area (Å²) in [5, 5.41) is 18.6. The van der Waals surface area contributed by atoms with Crippen LogP contribution in [0.15, 0.2) is 47.9 Å². The van der Waals surface area contributed by atoms with Crippen molar-refractivity contribution in [2.45, 2.75) is 31.7 Å². The number of piperidine rings is 1. The van der Waals surface area contributed by atoms with Crippen LogP contribution in [-0.4, -0.2) is 66.5 Å². The molecule has 0 bridgehead atoms. The van der Waals surface area contributed by atoms with Gasteiger partial charge in [0, 0.05) is 31.8 Å². The minimum absolute atomic E-state index is 0.0708. The Labute approximate surface area is 257 Å². The maximum absolute atomic E-state index is 13.0. The molecule has 3 amide bonds. The molecule has 1 aromatic heterocycles. The highest BCUT2D eigenvalue weighted by molar-refractivity contribution is 7.18. The molecule has 1 atom stereocenters. The molecule has 0 radical (unpaired) electrons. The zero-order valence-electron chi connectivity index (χ0n) is 22.9. The Balaban J connectivity index is 1.27. The quantitative estimate of drug-likeness (QED) is 0.261. The van der Waals surface area contributed by atoms with Crippen molar-refractivity contribution in [2.24, 2.45) is 5.92 Å². The summed E-state index contributed by atoms with van der Waals surface area (Å²) in [6, 6.07) is 10.7. The molecule has 3 N–H and O–H groups in total. The fraction of sp³-hybridized carbons (Fsp3) is 0.333. The summed E-state index contributed by atoms with van der Waals surface area (Å²) < 4.78 is 6.07. The van der Waals surface area contributed by atoms with Crippen molar-refractivity contribution in [3.8, 4) is 5.75 Å². The van der Waals surface area contributed by atoms with Crippen molar-refractivity contribution in [3.63, 3.8) is 0 Å². The molecule has 42 heavy (non-hydrogen) atoms. The van der Waals surface area contributed by atoms with E-state index < -0.39 is 24.2 Å². The fourth-order valence-corrected chi connectivity index (χ4v) is 6.19. The van der Waals surface area contributed by atoms with E-state index in [2.05, 4.69) is 10.6 Å². The Morgan fingerprint density at radius 2 is 1.90 bits per heavy atom. The van der Waals surface area contributed by atoms with Gasteiger partial charge in [0.25, 0.3) is 0 Å². The van der Waals surface area contributed by atoms with Gasteiger partial charge in [0.15, 0.2) is 0 Å². The average Bonchev–Trinajstić information content (AvgIpc) is 3.45. The van der Waals surface area contributed by atoms with Crippen molar-refractivity contribution in [1.82, 2.24) is 15.5 Å². The number of nitrogens with zero attached hydrogens (tertiary/aromatic N) is 1. The number of carboxylic acids is 1. The van der Waals surface area contributed by atoms with Crippen LogP contribution in [0.1, 0.15) is 30.4 Å². The number of aliphatic carboxylic acids is 1. The molecule has 222 valence electrons. The molecule has 0 aliphatic carbocycles. The van der Waals surface area contributed by atoms with E-state index >= 15 is 0 Å². The monoisotopic (exact) mass is 631 g/mol. The third-order valence-electron chi connectivity index (χ3n) is 7.05. The first-order valence-corrected chi connectivity index (χ1v) is 15.0. The highest BCUT2D eigenvalue weighted by atomic mass is 35.5. The minimum Gasteiger partial charge on any atom is -0.497 e. The first-order chi connectivity index (χ1) is 20.1. The molecule has 1 unspecified atom stereocenters. The first-order valence-electron chi connectivity index (χ1n) is 13.4. The second kappa shape index (κ2) is 14.5. The smallest absolute Gasteiger partial charge is 0.304 e. The van der Waals surface area contributed by atoms with E-state index in [4.69, 9.17) is 27.9 Å².